The molecular formula is C20H20N2O3S. The Morgan fingerprint density at radius 1 is 1.31 bits per heavy atom. The fourth-order valence-electron chi connectivity index (χ4n) is 3.78. The van der Waals surface area contributed by atoms with Crippen molar-refractivity contribution in [3.63, 3.8) is 0 Å². The first-order valence-corrected chi connectivity index (χ1v) is 9.45. The second-order valence-electron chi connectivity index (χ2n) is 7.47. The number of rotatable bonds is 4. The van der Waals surface area contributed by atoms with Crippen LogP contribution in [0.4, 0.5) is 0 Å². The summed E-state index contributed by atoms with van der Waals surface area (Å²) in [6.45, 7) is 4.07. The molecule has 2 atom stereocenters. The Hall–Kier alpha value is -2.39. The van der Waals surface area contributed by atoms with Gasteiger partial charge in [-0.05, 0) is 17.4 Å². The number of fused-ring (bicyclic) bond motifs is 1. The largest absolute Gasteiger partial charge is 0.481 e. The van der Waals surface area contributed by atoms with Gasteiger partial charge in [-0.15, -0.1) is 0 Å². The summed E-state index contributed by atoms with van der Waals surface area (Å²) in [5.74, 6) is -1.86. The molecule has 26 heavy (non-hydrogen) atoms. The van der Waals surface area contributed by atoms with E-state index in [1.165, 1.54) is 0 Å². The lowest BCUT2D eigenvalue weighted by molar-refractivity contribution is -0.134. The smallest absolute Gasteiger partial charge is 0.313 e. The summed E-state index contributed by atoms with van der Waals surface area (Å²) < 4.78 is 0. The standard InChI is InChI=1S/C20H20N2O3S/c1-20(2)8-14-18(15(23)9-20)17(12-6-4-3-5-7-12)13(10-21)19(22-14)26-11-16(24)25/h3-7,17-18H,8-9,11H2,1-2H3,(H,24,25)/t17-,18?/m0/s1. The molecule has 134 valence electrons. The fourth-order valence-corrected chi connectivity index (χ4v) is 4.56. The normalized spacial score (nSPS) is 24.5. The van der Waals surface area contributed by atoms with Crippen molar-refractivity contribution in [2.75, 3.05) is 5.75 Å². The number of ketones is 1. The van der Waals surface area contributed by atoms with Crippen LogP contribution in [0.3, 0.4) is 0 Å². The van der Waals surface area contributed by atoms with Gasteiger partial charge in [-0.2, -0.15) is 5.26 Å². The van der Waals surface area contributed by atoms with Crippen LogP contribution < -0.4 is 0 Å². The van der Waals surface area contributed by atoms with Crippen molar-refractivity contribution in [3.05, 3.63) is 46.5 Å². The molecule has 1 N–H and O–H groups in total. The van der Waals surface area contributed by atoms with E-state index in [0.717, 1.165) is 23.0 Å². The van der Waals surface area contributed by atoms with E-state index in [0.29, 0.717) is 23.4 Å². The van der Waals surface area contributed by atoms with Crippen LogP contribution in [0.25, 0.3) is 0 Å². The molecule has 0 bridgehead atoms. The van der Waals surface area contributed by atoms with Crippen molar-refractivity contribution >= 4 is 29.2 Å². The zero-order valence-corrected chi connectivity index (χ0v) is 15.5. The summed E-state index contributed by atoms with van der Waals surface area (Å²) in [6, 6.07) is 11.7. The molecule has 1 aliphatic heterocycles. The third-order valence-electron chi connectivity index (χ3n) is 4.75. The molecule has 0 aromatic heterocycles. The van der Waals surface area contributed by atoms with E-state index in [1.807, 2.05) is 44.2 Å². The molecule has 3 rings (SSSR count). The lowest BCUT2D eigenvalue weighted by atomic mass is 9.64. The Bertz CT molecular complexity index is 850. The van der Waals surface area contributed by atoms with E-state index >= 15 is 0 Å². The third-order valence-corrected chi connectivity index (χ3v) is 5.73. The number of carbonyl (C=O) groups excluding carboxylic acids is 1. The summed E-state index contributed by atoms with van der Waals surface area (Å²) in [6.07, 6.45) is 1.12. The molecule has 1 aromatic rings. The van der Waals surface area contributed by atoms with E-state index in [2.05, 4.69) is 11.1 Å². The topological polar surface area (TPSA) is 90.5 Å². The van der Waals surface area contributed by atoms with Gasteiger partial charge in [0.1, 0.15) is 10.8 Å². The second-order valence-corrected chi connectivity index (χ2v) is 8.43. The monoisotopic (exact) mass is 368 g/mol. The number of aliphatic imine (C=N–C) groups is 1. The molecule has 0 saturated heterocycles. The Morgan fingerprint density at radius 2 is 2.00 bits per heavy atom. The minimum Gasteiger partial charge on any atom is -0.481 e. The Labute approximate surface area is 156 Å². The molecule has 0 amide bonds. The Balaban J connectivity index is 2.13. The molecular weight excluding hydrogens is 348 g/mol. The van der Waals surface area contributed by atoms with Crippen LogP contribution >= 0.6 is 11.8 Å². The van der Waals surface area contributed by atoms with Crippen LogP contribution in [0.15, 0.2) is 45.9 Å². The van der Waals surface area contributed by atoms with Gasteiger partial charge in [-0.25, -0.2) is 4.99 Å². The van der Waals surface area contributed by atoms with Crippen molar-refractivity contribution in [1.29, 1.82) is 5.26 Å². The summed E-state index contributed by atoms with van der Waals surface area (Å²) >= 11 is 1.05. The number of allylic oxidation sites excluding steroid dienone is 1. The zero-order valence-electron chi connectivity index (χ0n) is 14.7. The van der Waals surface area contributed by atoms with E-state index < -0.39 is 17.8 Å². The van der Waals surface area contributed by atoms with Crippen molar-refractivity contribution in [2.45, 2.75) is 32.6 Å². The lowest BCUT2D eigenvalue weighted by Crippen LogP contribution is -2.42. The summed E-state index contributed by atoms with van der Waals surface area (Å²) in [7, 11) is 0. The fraction of sp³-hybridized carbons (Fsp3) is 0.400. The average molecular weight is 368 g/mol. The van der Waals surface area contributed by atoms with E-state index in [-0.39, 0.29) is 17.0 Å². The number of hydrogen-bond acceptors (Lipinski definition) is 5. The first-order chi connectivity index (χ1) is 12.3. The maximum atomic E-state index is 12.9. The lowest BCUT2D eigenvalue weighted by Gasteiger charge is -2.40. The summed E-state index contributed by atoms with van der Waals surface area (Å²) in [5.41, 5.74) is 1.87. The first kappa shape index (κ1) is 18.4. The highest BCUT2D eigenvalue weighted by atomic mass is 32.2. The number of carboxylic acid groups (broad SMARTS) is 1. The van der Waals surface area contributed by atoms with Gasteiger partial charge < -0.3 is 5.11 Å². The van der Waals surface area contributed by atoms with Gasteiger partial charge in [0.05, 0.1) is 23.3 Å². The molecule has 1 aromatic carbocycles. The number of benzene rings is 1. The number of Topliss-reactive ketones (excluding diaryl/α,β-unsaturated/α-hetero) is 1. The number of nitriles is 1. The predicted octanol–water partition coefficient (Wildman–Crippen LogP) is 3.78. The van der Waals surface area contributed by atoms with Crippen LogP contribution in [0.5, 0.6) is 0 Å². The molecule has 1 fully saturated rings. The number of carbonyl (C=O) groups is 2. The summed E-state index contributed by atoms with van der Waals surface area (Å²) in [4.78, 5) is 28.5. The van der Waals surface area contributed by atoms with Gasteiger partial charge >= 0.3 is 5.97 Å². The Morgan fingerprint density at radius 3 is 2.62 bits per heavy atom. The van der Waals surface area contributed by atoms with Crippen LogP contribution in [-0.4, -0.2) is 28.3 Å². The second kappa shape index (κ2) is 7.08. The van der Waals surface area contributed by atoms with Gasteiger partial charge in [-0.1, -0.05) is 55.9 Å². The van der Waals surface area contributed by atoms with Crippen LogP contribution in [0.2, 0.25) is 0 Å². The highest BCUT2D eigenvalue weighted by molar-refractivity contribution is 8.03. The van der Waals surface area contributed by atoms with Gasteiger partial charge in [0.2, 0.25) is 0 Å². The quantitative estimate of drug-likeness (QED) is 0.873. The third kappa shape index (κ3) is 3.58. The molecule has 2 aliphatic rings. The van der Waals surface area contributed by atoms with Crippen molar-refractivity contribution in [1.82, 2.24) is 0 Å². The SMILES string of the molecule is CC1(C)CC(=O)C2C(=NC(SCC(=O)O)=C(C#N)[C@@H]2c2ccccc2)C1. The predicted molar refractivity (Wildman–Crippen MR) is 101 cm³/mol. The van der Waals surface area contributed by atoms with Crippen LogP contribution in [-0.2, 0) is 9.59 Å². The van der Waals surface area contributed by atoms with Crippen LogP contribution in [0.1, 0.15) is 38.2 Å². The highest BCUT2D eigenvalue weighted by Crippen LogP contribution is 2.48. The van der Waals surface area contributed by atoms with Crippen molar-refractivity contribution in [2.24, 2.45) is 16.3 Å². The van der Waals surface area contributed by atoms with E-state index in [4.69, 9.17) is 5.11 Å². The molecule has 1 saturated carbocycles. The zero-order chi connectivity index (χ0) is 18.9. The minimum absolute atomic E-state index is 0.101. The first-order valence-electron chi connectivity index (χ1n) is 8.46. The van der Waals surface area contributed by atoms with Gasteiger partial charge in [0.15, 0.2) is 0 Å². The van der Waals surface area contributed by atoms with E-state index in [9.17, 15) is 14.9 Å². The Kier molecular flexibility index (Phi) is 5.01. The maximum Gasteiger partial charge on any atom is 0.313 e. The number of hydrogen-bond donors (Lipinski definition) is 1. The number of carboxylic acids is 1. The van der Waals surface area contributed by atoms with E-state index in [1.54, 1.807) is 0 Å². The molecule has 1 heterocycles. The molecule has 5 nitrogen and oxygen atoms in total. The number of aliphatic carboxylic acids is 1. The summed E-state index contributed by atoms with van der Waals surface area (Å²) in [5, 5.41) is 19.2. The van der Waals surface area contributed by atoms with Gasteiger partial charge in [-0.3, -0.25) is 9.59 Å². The maximum absolute atomic E-state index is 12.9. The van der Waals surface area contributed by atoms with Crippen molar-refractivity contribution in [3.8, 4) is 6.07 Å². The average Bonchev–Trinajstić information content (AvgIpc) is 2.58. The minimum atomic E-state index is -0.960. The molecule has 0 radical (unpaired) electrons. The molecule has 1 aliphatic carbocycles. The molecule has 1 unspecified atom stereocenters. The van der Waals surface area contributed by atoms with Crippen molar-refractivity contribution < 1.29 is 14.7 Å². The van der Waals surface area contributed by atoms with Gasteiger partial charge in [0, 0.05) is 18.1 Å². The number of nitrogens with zero attached hydrogens (tertiary/aromatic N) is 2. The highest BCUT2D eigenvalue weighted by Gasteiger charge is 2.46. The molecule has 0 spiro atoms. The van der Waals surface area contributed by atoms with Gasteiger partial charge in [0.25, 0.3) is 0 Å². The molecule has 6 heteroatoms. The number of thioether (sulfide) groups is 1. The van der Waals surface area contributed by atoms with Crippen LogP contribution in [0, 0.1) is 22.7 Å².